The van der Waals surface area contributed by atoms with Gasteiger partial charge in [0, 0.05) is 20.1 Å². The van der Waals surface area contributed by atoms with Crippen LogP contribution < -0.4 is 5.32 Å². The number of benzene rings is 1. The molecule has 0 aromatic heterocycles. The van der Waals surface area contributed by atoms with Crippen LogP contribution in [0.2, 0.25) is 0 Å². The van der Waals surface area contributed by atoms with Crippen molar-refractivity contribution in [2.24, 2.45) is 11.8 Å². The van der Waals surface area contributed by atoms with Crippen molar-refractivity contribution in [3.8, 4) is 0 Å². The highest BCUT2D eigenvalue weighted by Gasteiger charge is 2.55. The van der Waals surface area contributed by atoms with Crippen LogP contribution in [-0.2, 0) is 11.2 Å². The third-order valence-electron chi connectivity index (χ3n) is 4.70. The molecule has 1 aromatic carbocycles. The molecule has 3 atom stereocenters. The molecule has 3 unspecified atom stereocenters. The maximum atomic E-state index is 11.9. The molecule has 0 radical (unpaired) electrons. The molecule has 5 nitrogen and oxygen atoms in total. The van der Waals surface area contributed by atoms with Crippen LogP contribution >= 0.6 is 0 Å². The number of hydrogen-bond acceptors (Lipinski definition) is 2. The Morgan fingerprint density at radius 1 is 1.38 bits per heavy atom. The second-order valence-electron chi connectivity index (χ2n) is 6.01. The van der Waals surface area contributed by atoms with Crippen LogP contribution in [0.1, 0.15) is 23.5 Å². The highest BCUT2D eigenvalue weighted by Crippen LogP contribution is 2.60. The zero-order valence-corrected chi connectivity index (χ0v) is 12.1. The third kappa shape index (κ3) is 2.73. The number of nitrogens with zero attached hydrogens (tertiary/aromatic N) is 1. The van der Waals surface area contributed by atoms with Gasteiger partial charge in [-0.1, -0.05) is 24.3 Å². The number of fused-ring (bicyclic) bond motifs is 3. The van der Waals surface area contributed by atoms with Crippen LogP contribution in [0.3, 0.4) is 0 Å². The minimum atomic E-state index is -0.886. The number of carboxylic acids is 1. The Morgan fingerprint density at radius 2 is 2.14 bits per heavy atom. The Morgan fingerprint density at radius 3 is 2.90 bits per heavy atom. The standard InChI is InChI=1S/C16H20N2O3/c1-18(7-6-14(19)20)16(21)17-9-13-12-8-10-4-2-3-5-11(10)15(12)13/h2-5,12-13,15H,6-9H2,1H3,(H,17,21)(H,19,20). The molecule has 1 fully saturated rings. The summed E-state index contributed by atoms with van der Waals surface area (Å²) in [5, 5.41) is 11.5. The molecule has 5 heteroatoms. The van der Waals surface area contributed by atoms with Gasteiger partial charge in [-0.3, -0.25) is 4.79 Å². The molecule has 0 saturated heterocycles. The van der Waals surface area contributed by atoms with Gasteiger partial charge in [-0.05, 0) is 35.3 Å². The summed E-state index contributed by atoms with van der Waals surface area (Å²) in [7, 11) is 1.63. The lowest BCUT2D eigenvalue weighted by atomic mass is 10.0. The molecule has 1 aromatic rings. The molecule has 0 spiro atoms. The van der Waals surface area contributed by atoms with Crippen LogP contribution in [0.4, 0.5) is 4.79 Å². The lowest BCUT2D eigenvalue weighted by molar-refractivity contribution is -0.137. The fraction of sp³-hybridized carbons (Fsp3) is 0.500. The van der Waals surface area contributed by atoms with E-state index in [2.05, 4.69) is 29.6 Å². The second-order valence-corrected chi connectivity index (χ2v) is 6.01. The van der Waals surface area contributed by atoms with Crippen LogP contribution in [-0.4, -0.2) is 42.1 Å². The Labute approximate surface area is 123 Å². The predicted molar refractivity (Wildman–Crippen MR) is 78.1 cm³/mol. The van der Waals surface area contributed by atoms with Gasteiger partial charge in [0.25, 0.3) is 0 Å². The van der Waals surface area contributed by atoms with E-state index in [0.717, 1.165) is 6.42 Å². The number of rotatable bonds is 5. The zero-order chi connectivity index (χ0) is 15.0. The fourth-order valence-electron chi connectivity index (χ4n) is 3.47. The normalized spacial score (nSPS) is 24.9. The quantitative estimate of drug-likeness (QED) is 0.866. The van der Waals surface area contributed by atoms with Crippen LogP contribution in [0.5, 0.6) is 0 Å². The molecule has 112 valence electrons. The molecule has 0 bridgehead atoms. The number of amides is 2. The fourth-order valence-corrected chi connectivity index (χ4v) is 3.47. The number of carboxylic acid groups (broad SMARTS) is 1. The number of urea groups is 1. The van der Waals surface area contributed by atoms with E-state index in [1.54, 1.807) is 7.05 Å². The van der Waals surface area contributed by atoms with Crippen molar-refractivity contribution in [2.45, 2.75) is 18.8 Å². The predicted octanol–water partition coefficient (Wildman–Crippen LogP) is 1.69. The Hall–Kier alpha value is -2.04. The van der Waals surface area contributed by atoms with Crippen LogP contribution in [0.25, 0.3) is 0 Å². The van der Waals surface area contributed by atoms with E-state index >= 15 is 0 Å². The van der Waals surface area contributed by atoms with E-state index in [1.165, 1.54) is 16.0 Å². The number of aliphatic carboxylic acids is 1. The third-order valence-corrected chi connectivity index (χ3v) is 4.70. The van der Waals surface area contributed by atoms with Crippen LogP contribution in [0, 0.1) is 11.8 Å². The lowest BCUT2D eigenvalue weighted by Crippen LogP contribution is -2.39. The number of nitrogens with one attached hydrogen (secondary N) is 1. The summed E-state index contributed by atoms with van der Waals surface area (Å²) in [5.41, 5.74) is 2.90. The van der Waals surface area contributed by atoms with Crippen molar-refractivity contribution >= 4 is 12.0 Å². The van der Waals surface area contributed by atoms with Gasteiger partial charge < -0.3 is 15.3 Å². The van der Waals surface area contributed by atoms with E-state index in [9.17, 15) is 9.59 Å². The first-order valence-corrected chi connectivity index (χ1v) is 7.36. The SMILES string of the molecule is CN(CCC(=O)O)C(=O)NCC1C2Cc3ccccc3C12. The van der Waals surface area contributed by atoms with Crippen molar-refractivity contribution in [3.63, 3.8) is 0 Å². The van der Waals surface area contributed by atoms with Crippen molar-refractivity contribution in [1.82, 2.24) is 10.2 Å². The Kier molecular flexibility index (Phi) is 3.57. The van der Waals surface area contributed by atoms with E-state index in [-0.39, 0.29) is 19.0 Å². The monoisotopic (exact) mass is 288 g/mol. The number of hydrogen-bond donors (Lipinski definition) is 2. The van der Waals surface area contributed by atoms with Crippen molar-refractivity contribution in [1.29, 1.82) is 0 Å². The zero-order valence-electron chi connectivity index (χ0n) is 12.1. The lowest BCUT2D eigenvalue weighted by Gasteiger charge is -2.17. The molecular weight excluding hydrogens is 268 g/mol. The largest absolute Gasteiger partial charge is 0.481 e. The first kappa shape index (κ1) is 13.9. The highest BCUT2D eigenvalue weighted by molar-refractivity contribution is 5.75. The molecule has 0 aliphatic heterocycles. The summed E-state index contributed by atoms with van der Waals surface area (Å²) in [5.74, 6) is 0.928. The van der Waals surface area contributed by atoms with Gasteiger partial charge in [0.1, 0.15) is 0 Å². The molecule has 2 amide bonds. The minimum Gasteiger partial charge on any atom is -0.481 e. The van der Waals surface area contributed by atoms with Crippen molar-refractivity contribution < 1.29 is 14.7 Å². The molecule has 21 heavy (non-hydrogen) atoms. The van der Waals surface area contributed by atoms with Gasteiger partial charge >= 0.3 is 12.0 Å². The molecular formula is C16H20N2O3. The molecule has 0 heterocycles. The van der Waals surface area contributed by atoms with Crippen molar-refractivity contribution in [2.75, 3.05) is 20.1 Å². The highest BCUT2D eigenvalue weighted by atomic mass is 16.4. The van der Waals surface area contributed by atoms with E-state index in [1.807, 2.05) is 0 Å². The van der Waals surface area contributed by atoms with E-state index < -0.39 is 5.97 Å². The summed E-state index contributed by atoms with van der Waals surface area (Å²) >= 11 is 0. The molecule has 2 aliphatic rings. The summed E-state index contributed by atoms with van der Waals surface area (Å²) < 4.78 is 0. The second kappa shape index (κ2) is 5.39. The maximum absolute atomic E-state index is 11.9. The van der Waals surface area contributed by atoms with Crippen molar-refractivity contribution in [3.05, 3.63) is 35.4 Å². The summed E-state index contributed by atoms with van der Waals surface area (Å²) in [6.07, 6.45) is 1.10. The van der Waals surface area contributed by atoms with Gasteiger partial charge in [-0.2, -0.15) is 0 Å². The van der Waals surface area contributed by atoms with Crippen LogP contribution in [0.15, 0.2) is 24.3 Å². The number of carbonyl (C=O) groups excluding carboxylic acids is 1. The Bertz CT molecular complexity index is 572. The molecule has 3 rings (SSSR count). The average molecular weight is 288 g/mol. The van der Waals surface area contributed by atoms with E-state index in [4.69, 9.17) is 5.11 Å². The Balaban J connectivity index is 1.46. The minimum absolute atomic E-state index is 0.0219. The summed E-state index contributed by atoms with van der Waals surface area (Å²) in [4.78, 5) is 23.8. The van der Waals surface area contributed by atoms with E-state index in [0.29, 0.717) is 24.3 Å². The molecule has 2 aliphatic carbocycles. The van der Waals surface area contributed by atoms with Gasteiger partial charge in [0.2, 0.25) is 0 Å². The summed E-state index contributed by atoms with van der Waals surface area (Å²) in [6, 6.07) is 8.36. The summed E-state index contributed by atoms with van der Waals surface area (Å²) in [6.45, 7) is 0.918. The topological polar surface area (TPSA) is 69.6 Å². The van der Waals surface area contributed by atoms with Gasteiger partial charge in [-0.25, -0.2) is 4.79 Å². The van der Waals surface area contributed by atoms with Gasteiger partial charge in [0.15, 0.2) is 0 Å². The molecule has 1 saturated carbocycles. The first-order valence-electron chi connectivity index (χ1n) is 7.36. The van der Waals surface area contributed by atoms with Gasteiger partial charge in [-0.15, -0.1) is 0 Å². The molecule has 2 N–H and O–H groups in total. The van der Waals surface area contributed by atoms with Gasteiger partial charge in [0.05, 0.1) is 6.42 Å². The maximum Gasteiger partial charge on any atom is 0.317 e. The average Bonchev–Trinajstić information content (AvgIpc) is 3.00. The smallest absolute Gasteiger partial charge is 0.317 e. The number of carbonyl (C=O) groups is 2. The first-order chi connectivity index (χ1) is 10.1.